The SMILES string of the molecule is C=CCOc1c(OCC)cc(C=O)cc1-c1ccc(C(C)(C)C)cc1. The Balaban J connectivity index is 2.58. The van der Waals surface area contributed by atoms with Gasteiger partial charge in [-0.3, -0.25) is 4.79 Å². The van der Waals surface area contributed by atoms with E-state index >= 15 is 0 Å². The van der Waals surface area contributed by atoms with Gasteiger partial charge >= 0.3 is 0 Å². The summed E-state index contributed by atoms with van der Waals surface area (Å²) in [6.45, 7) is 13.0. The lowest BCUT2D eigenvalue weighted by Crippen LogP contribution is -2.10. The highest BCUT2D eigenvalue weighted by molar-refractivity contribution is 5.84. The standard InChI is InChI=1S/C22H26O3/c1-6-12-25-21-19(13-16(15-23)14-20(21)24-7-2)17-8-10-18(11-9-17)22(3,4)5/h6,8-11,13-15H,1,7,12H2,2-5H3. The van der Waals surface area contributed by atoms with E-state index in [1.807, 2.05) is 13.0 Å². The van der Waals surface area contributed by atoms with Gasteiger partial charge in [0.25, 0.3) is 0 Å². The zero-order chi connectivity index (χ0) is 18.4. The Morgan fingerprint density at radius 3 is 2.28 bits per heavy atom. The van der Waals surface area contributed by atoms with Crippen molar-refractivity contribution in [2.45, 2.75) is 33.1 Å². The molecule has 0 aliphatic heterocycles. The Hall–Kier alpha value is -2.55. The zero-order valence-corrected chi connectivity index (χ0v) is 15.5. The van der Waals surface area contributed by atoms with Crippen molar-refractivity contribution < 1.29 is 14.3 Å². The van der Waals surface area contributed by atoms with Crippen molar-refractivity contribution in [2.24, 2.45) is 0 Å². The van der Waals surface area contributed by atoms with Gasteiger partial charge in [0, 0.05) is 11.1 Å². The summed E-state index contributed by atoms with van der Waals surface area (Å²) in [6.07, 6.45) is 2.52. The van der Waals surface area contributed by atoms with E-state index < -0.39 is 0 Å². The fourth-order valence-corrected chi connectivity index (χ4v) is 2.61. The first kappa shape index (κ1) is 18.8. The molecule has 25 heavy (non-hydrogen) atoms. The molecule has 0 amide bonds. The van der Waals surface area contributed by atoms with E-state index in [4.69, 9.17) is 9.47 Å². The second-order valence-electron chi connectivity index (χ2n) is 6.87. The number of ether oxygens (including phenoxy) is 2. The molecule has 0 unspecified atom stereocenters. The minimum Gasteiger partial charge on any atom is -0.490 e. The maximum absolute atomic E-state index is 11.3. The fraction of sp³-hybridized carbons (Fsp3) is 0.318. The van der Waals surface area contributed by atoms with Crippen LogP contribution in [-0.2, 0) is 5.41 Å². The van der Waals surface area contributed by atoms with Crippen molar-refractivity contribution in [1.29, 1.82) is 0 Å². The summed E-state index contributed by atoms with van der Waals surface area (Å²) in [4.78, 5) is 11.3. The van der Waals surface area contributed by atoms with Gasteiger partial charge < -0.3 is 9.47 Å². The maximum atomic E-state index is 11.3. The second-order valence-corrected chi connectivity index (χ2v) is 6.87. The number of aldehydes is 1. The van der Waals surface area contributed by atoms with Gasteiger partial charge in [-0.2, -0.15) is 0 Å². The van der Waals surface area contributed by atoms with Crippen molar-refractivity contribution in [3.05, 3.63) is 60.2 Å². The van der Waals surface area contributed by atoms with E-state index in [1.54, 1.807) is 12.1 Å². The van der Waals surface area contributed by atoms with E-state index in [-0.39, 0.29) is 5.41 Å². The van der Waals surface area contributed by atoms with Crippen LogP contribution in [0.2, 0.25) is 0 Å². The molecule has 0 saturated carbocycles. The van der Waals surface area contributed by atoms with Crippen molar-refractivity contribution >= 4 is 6.29 Å². The largest absolute Gasteiger partial charge is 0.490 e. The second kappa shape index (κ2) is 8.02. The van der Waals surface area contributed by atoms with Crippen molar-refractivity contribution in [3.8, 4) is 22.6 Å². The van der Waals surface area contributed by atoms with Crippen LogP contribution in [-0.4, -0.2) is 19.5 Å². The van der Waals surface area contributed by atoms with Gasteiger partial charge in [-0.05, 0) is 35.6 Å². The number of hydrogen-bond acceptors (Lipinski definition) is 3. The molecule has 0 N–H and O–H groups in total. The van der Waals surface area contributed by atoms with E-state index in [1.165, 1.54) is 5.56 Å². The molecule has 0 fully saturated rings. The average molecular weight is 338 g/mol. The molecule has 3 nitrogen and oxygen atoms in total. The molecular formula is C22H26O3. The predicted molar refractivity (Wildman–Crippen MR) is 103 cm³/mol. The minimum absolute atomic E-state index is 0.0851. The third-order valence-corrected chi connectivity index (χ3v) is 3.92. The van der Waals surface area contributed by atoms with E-state index in [9.17, 15) is 4.79 Å². The molecule has 0 bridgehead atoms. The summed E-state index contributed by atoms with van der Waals surface area (Å²) >= 11 is 0. The number of hydrogen-bond donors (Lipinski definition) is 0. The molecule has 0 aliphatic carbocycles. The lowest BCUT2D eigenvalue weighted by molar-refractivity contribution is 0.112. The molecule has 0 aliphatic rings. The van der Waals surface area contributed by atoms with Gasteiger partial charge in [0.05, 0.1) is 6.61 Å². The van der Waals surface area contributed by atoms with Gasteiger partial charge in [0.15, 0.2) is 11.5 Å². The summed E-state index contributed by atoms with van der Waals surface area (Å²) < 4.78 is 11.6. The van der Waals surface area contributed by atoms with Gasteiger partial charge in [-0.25, -0.2) is 0 Å². The first-order valence-electron chi connectivity index (χ1n) is 8.51. The Bertz CT molecular complexity index is 737. The molecule has 2 aromatic carbocycles. The van der Waals surface area contributed by atoms with Crippen molar-refractivity contribution in [2.75, 3.05) is 13.2 Å². The molecule has 132 valence electrons. The van der Waals surface area contributed by atoms with E-state index in [2.05, 4.69) is 51.6 Å². The van der Waals surface area contributed by atoms with Crippen molar-refractivity contribution in [3.63, 3.8) is 0 Å². The highest BCUT2D eigenvalue weighted by Gasteiger charge is 2.17. The summed E-state index contributed by atoms with van der Waals surface area (Å²) in [6, 6.07) is 11.9. The number of rotatable bonds is 7. The first-order chi connectivity index (χ1) is 11.9. The third kappa shape index (κ3) is 4.50. The molecule has 0 spiro atoms. The first-order valence-corrected chi connectivity index (χ1v) is 8.51. The van der Waals surface area contributed by atoms with Gasteiger partial charge in [0.2, 0.25) is 0 Å². The number of carbonyl (C=O) groups is 1. The Labute approximate surface area is 150 Å². The highest BCUT2D eigenvalue weighted by Crippen LogP contribution is 2.40. The molecule has 3 heteroatoms. The van der Waals surface area contributed by atoms with Crippen LogP contribution in [0.25, 0.3) is 11.1 Å². The molecule has 0 saturated heterocycles. The fourth-order valence-electron chi connectivity index (χ4n) is 2.61. The van der Waals surface area contributed by atoms with Gasteiger partial charge in [-0.15, -0.1) is 0 Å². The van der Waals surface area contributed by atoms with Crippen LogP contribution in [0.5, 0.6) is 11.5 Å². The number of carbonyl (C=O) groups excluding carboxylic acids is 1. The summed E-state index contributed by atoms with van der Waals surface area (Å²) in [7, 11) is 0. The summed E-state index contributed by atoms with van der Waals surface area (Å²) in [5.74, 6) is 1.21. The van der Waals surface area contributed by atoms with Crippen LogP contribution in [0.15, 0.2) is 49.1 Å². The molecular weight excluding hydrogens is 312 g/mol. The highest BCUT2D eigenvalue weighted by atomic mass is 16.5. The topological polar surface area (TPSA) is 35.5 Å². The lowest BCUT2D eigenvalue weighted by Gasteiger charge is -2.20. The monoisotopic (exact) mass is 338 g/mol. The van der Waals surface area contributed by atoms with Crippen molar-refractivity contribution in [1.82, 2.24) is 0 Å². The molecule has 0 aromatic heterocycles. The molecule has 2 aromatic rings. The maximum Gasteiger partial charge on any atom is 0.169 e. The predicted octanol–water partition coefficient (Wildman–Crippen LogP) is 5.43. The van der Waals surface area contributed by atoms with Crippen LogP contribution < -0.4 is 9.47 Å². The zero-order valence-electron chi connectivity index (χ0n) is 15.5. The van der Waals surface area contributed by atoms with Crippen LogP contribution in [0, 0.1) is 0 Å². The van der Waals surface area contributed by atoms with Gasteiger partial charge in [-0.1, -0.05) is 57.7 Å². The van der Waals surface area contributed by atoms with E-state index in [0.29, 0.717) is 30.3 Å². The molecule has 0 atom stereocenters. The lowest BCUT2D eigenvalue weighted by atomic mass is 9.86. The van der Waals surface area contributed by atoms with Crippen LogP contribution in [0.3, 0.4) is 0 Å². The molecule has 2 rings (SSSR count). The third-order valence-electron chi connectivity index (χ3n) is 3.92. The van der Waals surface area contributed by atoms with Gasteiger partial charge in [0.1, 0.15) is 12.9 Å². The smallest absolute Gasteiger partial charge is 0.169 e. The van der Waals surface area contributed by atoms with Crippen LogP contribution in [0.1, 0.15) is 43.6 Å². The minimum atomic E-state index is 0.0851. The Morgan fingerprint density at radius 1 is 1.08 bits per heavy atom. The normalized spacial score (nSPS) is 11.0. The van der Waals surface area contributed by atoms with E-state index in [0.717, 1.165) is 17.4 Å². The van der Waals surface area contributed by atoms with Crippen LogP contribution >= 0.6 is 0 Å². The quantitative estimate of drug-likeness (QED) is 0.499. The Kier molecular flexibility index (Phi) is 6.02. The average Bonchev–Trinajstić information content (AvgIpc) is 2.59. The molecule has 0 heterocycles. The number of benzene rings is 2. The molecule has 0 radical (unpaired) electrons. The van der Waals surface area contributed by atoms with Crippen LogP contribution in [0.4, 0.5) is 0 Å². The summed E-state index contributed by atoms with van der Waals surface area (Å²) in [5.41, 5.74) is 3.72. The Morgan fingerprint density at radius 2 is 1.76 bits per heavy atom. The summed E-state index contributed by atoms with van der Waals surface area (Å²) in [5, 5.41) is 0.